The van der Waals surface area contributed by atoms with Gasteiger partial charge in [0, 0.05) is 12.7 Å². The molecule has 0 aliphatic heterocycles. The summed E-state index contributed by atoms with van der Waals surface area (Å²) in [5, 5.41) is 2.70. The van der Waals surface area contributed by atoms with E-state index >= 15 is 0 Å². The Labute approximate surface area is 201 Å². The number of hydrogen-bond acceptors (Lipinski definition) is 5. The number of nitrogens with one attached hydrogen (secondary N) is 1. The van der Waals surface area contributed by atoms with Crippen molar-refractivity contribution in [3.05, 3.63) is 92.3 Å². The van der Waals surface area contributed by atoms with Crippen molar-refractivity contribution in [1.29, 1.82) is 0 Å². The fourth-order valence-corrected chi connectivity index (χ4v) is 3.97. The first-order valence-electron chi connectivity index (χ1n) is 11.2. The van der Waals surface area contributed by atoms with Gasteiger partial charge in [-0.25, -0.2) is 14.2 Å². The number of para-hydroxylation sites is 1. The van der Waals surface area contributed by atoms with Crippen molar-refractivity contribution in [2.45, 2.75) is 27.3 Å². The molecule has 0 aliphatic carbocycles. The van der Waals surface area contributed by atoms with E-state index in [2.05, 4.69) is 5.32 Å². The summed E-state index contributed by atoms with van der Waals surface area (Å²) in [7, 11) is 1.74. The van der Waals surface area contributed by atoms with Gasteiger partial charge in [-0.1, -0.05) is 29.8 Å². The number of amides is 1. The highest BCUT2D eigenvalue weighted by Crippen LogP contribution is 2.18. The molecule has 0 radical (unpaired) electrons. The average Bonchev–Trinajstić information content (AvgIpc) is 3.12. The lowest BCUT2D eigenvalue weighted by Crippen LogP contribution is -2.41. The molecule has 0 saturated heterocycles. The molecule has 9 heteroatoms. The van der Waals surface area contributed by atoms with E-state index in [1.165, 1.54) is 4.57 Å². The number of fused-ring (bicyclic) bond motifs is 1. The van der Waals surface area contributed by atoms with Gasteiger partial charge in [0.25, 0.3) is 5.56 Å². The van der Waals surface area contributed by atoms with Crippen LogP contribution in [0.5, 0.6) is 0 Å². The third-order valence-corrected chi connectivity index (χ3v) is 5.86. The van der Waals surface area contributed by atoms with Crippen LogP contribution in [-0.2, 0) is 23.1 Å². The molecule has 0 fully saturated rings. The number of nitrogens with zero attached hydrogens (tertiary/aromatic N) is 3. The van der Waals surface area contributed by atoms with Crippen LogP contribution in [-0.4, -0.2) is 32.2 Å². The first kappa shape index (κ1) is 23.7. The standard InChI is InChI=1S/C26H26N4O5/c1-5-35-25(33)19-8-6-7-9-20(19)27-22(31)15-29-21-14-17(3)28(4)23(21)24(32)30(26(29)34)18-12-10-16(2)11-13-18/h6-14H,5,15H2,1-4H3,(H,27,31). The second-order valence-electron chi connectivity index (χ2n) is 8.24. The number of hydrogen-bond donors (Lipinski definition) is 1. The van der Waals surface area contributed by atoms with Crippen LogP contribution in [0.15, 0.2) is 64.2 Å². The predicted molar refractivity (Wildman–Crippen MR) is 133 cm³/mol. The van der Waals surface area contributed by atoms with Crippen molar-refractivity contribution in [1.82, 2.24) is 13.7 Å². The van der Waals surface area contributed by atoms with Crippen molar-refractivity contribution in [3.8, 4) is 5.69 Å². The van der Waals surface area contributed by atoms with Crippen molar-refractivity contribution >= 4 is 28.6 Å². The molecule has 0 atom stereocenters. The number of carbonyl (C=O) groups is 2. The van der Waals surface area contributed by atoms with Gasteiger partial charge in [-0.15, -0.1) is 0 Å². The van der Waals surface area contributed by atoms with E-state index in [-0.39, 0.29) is 24.4 Å². The SMILES string of the molecule is CCOC(=O)c1ccccc1NC(=O)Cn1c(=O)n(-c2ccc(C)cc2)c(=O)c2c1cc(C)n2C. The van der Waals surface area contributed by atoms with Gasteiger partial charge in [-0.2, -0.15) is 0 Å². The Kier molecular flexibility index (Phi) is 6.42. The largest absolute Gasteiger partial charge is 0.462 e. The highest BCUT2D eigenvalue weighted by atomic mass is 16.5. The maximum Gasteiger partial charge on any atom is 0.340 e. The molecule has 180 valence electrons. The molecule has 1 N–H and O–H groups in total. The van der Waals surface area contributed by atoms with Crippen molar-refractivity contribution < 1.29 is 14.3 Å². The lowest BCUT2D eigenvalue weighted by Gasteiger charge is -2.14. The molecule has 0 aliphatic rings. The van der Waals surface area contributed by atoms with Gasteiger partial charge in [0.15, 0.2) is 0 Å². The number of aryl methyl sites for hydroxylation is 3. The Balaban J connectivity index is 1.80. The van der Waals surface area contributed by atoms with Crippen LogP contribution >= 0.6 is 0 Å². The maximum absolute atomic E-state index is 13.5. The number of rotatable bonds is 6. The molecule has 0 unspecified atom stereocenters. The molecule has 35 heavy (non-hydrogen) atoms. The number of benzene rings is 2. The van der Waals surface area contributed by atoms with Crippen LogP contribution in [0.2, 0.25) is 0 Å². The van der Waals surface area contributed by atoms with Gasteiger partial charge in [-0.05, 0) is 51.1 Å². The molecule has 1 amide bonds. The smallest absolute Gasteiger partial charge is 0.340 e. The fourth-order valence-electron chi connectivity index (χ4n) is 3.97. The van der Waals surface area contributed by atoms with Crippen molar-refractivity contribution in [2.24, 2.45) is 7.05 Å². The summed E-state index contributed by atoms with van der Waals surface area (Å²) in [4.78, 5) is 52.2. The minimum absolute atomic E-state index is 0.197. The average molecular weight is 475 g/mol. The van der Waals surface area contributed by atoms with Gasteiger partial charge >= 0.3 is 11.7 Å². The van der Waals surface area contributed by atoms with Crippen LogP contribution < -0.4 is 16.6 Å². The zero-order valence-corrected chi connectivity index (χ0v) is 20.0. The third kappa shape index (κ3) is 4.40. The highest BCUT2D eigenvalue weighted by molar-refractivity contribution is 6.01. The van der Waals surface area contributed by atoms with Gasteiger partial charge in [0.1, 0.15) is 12.1 Å². The van der Waals surface area contributed by atoms with E-state index in [1.54, 1.807) is 61.0 Å². The van der Waals surface area contributed by atoms with E-state index in [0.29, 0.717) is 16.7 Å². The quantitative estimate of drug-likeness (QED) is 0.433. The number of ether oxygens (including phenoxy) is 1. The van der Waals surface area contributed by atoms with E-state index in [1.807, 2.05) is 26.0 Å². The van der Waals surface area contributed by atoms with Crippen LogP contribution in [0.25, 0.3) is 16.7 Å². The summed E-state index contributed by atoms with van der Waals surface area (Å²) in [6.07, 6.45) is 0. The van der Waals surface area contributed by atoms with Gasteiger partial charge in [0.2, 0.25) is 5.91 Å². The van der Waals surface area contributed by atoms with Crippen LogP contribution in [0, 0.1) is 13.8 Å². The number of anilines is 1. The molecule has 9 nitrogen and oxygen atoms in total. The molecule has 0 bridgehead atoms. The molecule has 4 aromatic rings. The van der Waals surface area contributed by atoms with Gasteiger partial charge < -0.3 is 14.6 Å². The molecule has 4 rings (SSSR count). The van der Waals surface area contributed by atoms with Crippen LogP contribution in [0.4, 0.5) is 5.69 Å². The molecule has 2 aromatic heterocycles. The second-order valence-corrected chi connectivity index (χ2v) is 8.24. The van der Waals surface area contributed by atoms with E-state index in [4.69, 9.17) is 4.74 Å². The Morgan fingerprint density at radius 1 is 1.00 bits per heavy atom. The molecule has 0 saturated carbocycles. The molecule has 2 aromatic carbocycles. The second kappa shape index (κ2) is 9.46. The minimum atomic E-state index is -0.634. The predicted octanol–water partition coefficient (Wildman–Crippen LogP) is 2.92. The zero-order chi connectivity index (χ0) is 25.3. The summed E-state index contributed by atoms with van der Waals surface area (Å²) >= 11 is 0. The van der Waals surface area contributed by atoms with Crippen molar-refractivity contribution in [2.75, 3.05) is 11.9 Å². The first-order valence-corrected chi connectivity index (χ1v) is 11.2. The lowest BCUT2D eigenvalue weighted by molar-refractivity contribution is -0.116. The normalized spacial score (nSPS) is 11.0. The molecular formula is C26H26N4O5. The topological polar surface area (TPSA) is 104 Å². The molecule has 2 heterocycles. The molecule has 0 spiro atoms. The third-order valence-electron chi connectivity index (χ3n) is 5.86. The van der Waals surface area contributed by atoms with Crippen LogP contribution in [0.1, 0.15) is 28.5 Å². The Morgan fingerprint density at radius 3 is 2.37 bits per heavy atom. The summed E-state index contributed by atoms with van der Waals surface area (Å²) in [5.74, 6) is -1.09. The Hall–Kier alpha value is -4.40. The van der Waals surface area contributed by atoms with Crippen molar-refractivity contribution in [3.63, 3.8) is 0 Å². The van der Waals surface area contributed by atoms with Crippen LogP contribution in [0.3, 0.4) is 0 Å². The number of carbonyl (C=O) groups excluding carboxylic acids is 2. The summed E-state index contributed by atoms with van der Waals surface area (Å²) in [5.41, 5.74) is 2.21. The monoisotopic (exact) mass is 474 g/mol. The zero-order valence-electron chi connectivity index (χ0n) is 20.0. The minimum Gasteiger partial charge on any atom is -0.462 e. The van der Waals surface area contributed by atoms with E-state index < -0.39 is 23.1 Å². The number of esters is 1. The Morgan fingerprint density at radius 2 is 1.69 bits per heavy atom. The molecular weight excluding hydrogens is 448 g/mol. The summed E-state index contributed by atoms with van der Waals surface area (Å²) in [6.45, 7) is 5.26. The fraction of sp³-hybridized carbons (Fsp3) is 0.231. The van der Waals surface area contributed by atoms with E-state index in [0.717, 1.165) is 15.8 Å². The van der Waals surface area contributed by atoms with E-state index in [9.17, 15) is 19.2 Å². The Bertz CT molecular complexity index is 1560. The maximum atomic E-state index is 13.5. The summed E-state index contributed by atoms with van der Waals surface area (Å²) < 4.78 is 9.10. The van der Waals surface area contributed by atoms with Gasteiger partial charge in [0.05, 0.1) is 29.1 Å². The highest BCUT2D eigenvalue weighted by Gasteiger charge is 2.21. The van der Waals surface area contributed by atoms with Gasteiger partial charge in [-0.3, -0.25) is 14.2 Å². The lowest BCUT2D eigenvalue weighted by atomic mass is 10.2. The summed E-state index contributed by atoms with van der Waals surface area (Å²) in [6, 6.07) is 15.2. The first-order chi connectivity index (χ1) is 16.7. The number of aromatic nitrogens is 3.